The molecule has 1 N–H and O–H groups in total. The third kappa shape index (κ3) is 1.90. The number of hydrogen-bond donors (Lipinski definition) is 1. The Labute approximate surface area is 92.7 Å². The molecule has 0 aliphatic rings. The van der Waals surface area contributed by atoms with Crippen LogP contribution in [-0.2, 0) is 0 Å². The van der Waals surface area contributed by atoms with E-state index in [2.05, 4.69) is 20.1 Å². The highest BCUT2D eigenvalue weighted by molar-refractivity contribution is 5.88. The third-order valence-corrected chi connectivity index (χ3v) is 1.74. The van der Waals surface area contributed by atoms with E-state index >= 15 is 0 Å². The van der Waals surface area contributed by atoms with Gasteiger partial charge in [-0.1, -0.05) is 4.98 Å². The zero-order chi connectivity index (χ0) is 12.4. The van der Waals surface area contributed by atoms with Gasteiger partial charge < -0.3 is 15.2 Å². The van der Waals surface area contributed by atoms with Gasteiger partial charge in [-0.3, -0.25) is 0 Å². The standard InChI is InChI=1S/C7H4N6O4/c14-6(15)4-5(9-2-1-8-4)12-3-10-7(11-12)13(16)17/h1-3H,(H,14,15). The Bertz CT molecular complexity index is 594. The van der Waals surface area contributed by atoms with Crippen LogP contribution in [0.4, 0.5) is 5.95 Å². The van der Waals surface area contributed by atoms with Crippen molar-refractivity contribution in [2.24, 2.45) is 0 Å². The van der Waals surface area contributed by atoms with Gasteiger partial charge in [0.1, 0.15) is 0 Å². The average molecular weight is 236 g/mol. The number of carboxylic acids is 1. The number of carbonyl (C=O) groups is 1. The first-order chi connectivity index (χ1) is 8.09. The Balaban J connectivity index is 2.52. The molecule has 86 valence electrons. The quantitative estimate of drug-likeness (QED) is 0.564. The van der Waals surface area contributed by atoms with Crippen molar-refractivity contribution in [1.29, 1.82) is 0 Å². The lowest BCUT2D eigenvalue weighted by Crippen LogP contribution is -2.10. The molecule has 2 rings (SSSR count). The van der Waals surface area contributed by atoms with Crippen LogP contribution < -0.4 is 0 Å². The monoisotopic (exact) mass is 236 g/mol. The van der Waals surface area contributed by atoms with Crippen LogP contribution in [0.25, 0.3) is 5.82 Å². The first kappa shape index (κ1) is 10.6. The zero-order valence-corrected chi connectivity index (χ0v) is 8.09. The van der Waals surface area contributed by atoms with Crippen molar-refractivity contribution in [3.63, 3.8) is 0 Å². The van der Waals surface area contributed by atoms with E-state index in [1.807, 2.05) is 0 Å². The minimum absolute atomic E-state index is 0.138. The Morgan fingerprint density at radius 3 is 2.65 bits per heavy atom. The van der Waals surface area contributed by atoms with E-state index in [4.69, 9.17) is 5.11 Å². The molecule has 0 aromatic carbocycles. The molecule has 0 atom stereocenters. The van der Waals surface area contributed by atoms with E-state index in [0.717, 1.165) is 11.0 Å². The summed E-state index contributed by atoms with van der Waals surface area (Å²) in [4.78, 5) is 31.1. The number of nitro groups is 1. The normalized spacial score (nSPS) is 10.1. The lowest BCUT2D eigenvalue weighted by molar-refractivity contribution is -0.394. The van der Waals surface area contributed by atoms with Crippen molar-refractivity contribution in [1.82, 2.24) is 24.7 Å². The van der Waals surface area contributed by atoms with Crippen molar-refractivity contribution in [2.45, 2.75) is 0 Å². The van der Waals surface area contributed by atoms with Crippen molar-refractivity contribution < 1.29 is 14.8 Å². The van der Waals surface area contributed by atoms with Gasteiger partial charge in [-0.2, -0.15) is 0 Å². The van der Waals surface area contributed by atoms with Crippen LogP contribution in [0.1, 0.15) is 10.5 Å². The van der Waals surface area contributed by atoms with Gasteiger partial charge >= 0.3 is 11.9 Å². The Hall–Kier alpha value is -2.91. The van der Waals surface area contributed by atoms with Gasteiger partial charge in [0.15, 0.2) is 5.69 Å². The van der Waals surface area contributed by atoms with Gasteiger partial charge in [0.05, 0.1) is 0 Å². The highest BCUT2D eigenvalue weighted by Gasteiger charge is 2.21. The number of hydrogen-bond acceptors (Lipinski definition) is 7. The molecule has 0 unspecified atom stereocenters. The number of aromatic carboxylic acids is 1. The average Bonchev–Trinajstić information content (AvgIpc) is 2.78. The van der Waals surface area contributed by atoms with E-state index in [0.29, 0.717) is 0 Å². The molecule has 0 bridgehead atoms. The topological polar surface area (TPSA) is 137 Å². The Morgan fingerprint density at radius 1 is 1.35 bits per heavy atom. The van der Waals surface area contributed by atoms with E-state index < -0.39 is 16.8 Å². The molecule has 0 aliphatic carbocycles. The maximum absolute atomic E-state index is 10.8. The van der Waals surface area contributed by atoms with Gasteiger partial charge in [0.25, 0.3) is 0 Å². The number of rotatable bonds is 3. The summed E-state index contributed by atoms with van der Waals surface area (Å²) < 4.78 is 0.884. The van der Waals surface area contributed by atoms with Gasteiger partial charge in [0, 0.05) is 17.5 Å². The summed E-state index contributed by atoms with van der Waals surface area (Å²) >= 11 is 0. The van der Waals surface area contributed by atoms with Crippen LogP contribution in [0.3, 0.4) is 0 Å². The van der Waals surface area contributed by atoms with Crippen molar-refractivity contribution in [3.05, 3.63) is 34.5 Å². The van der Waals surface area contributed by atoms with Crippen molar-refractivity contribution >= 4 is 11.9 Å². The minimum Gasteiger partial charge on any atom is -0.476 e. The molecule has 2 heterocycles. The predicted octanol–water partition coefficient (Wildman–Crippen LogP) is -0.336. The Morgan fingerprint density at radius 2 is 2.06 bits per heavy atom. The number of aromatic nitrogens is 5. The molecule has 17 heavy (non-hydrogen) atoms. The molecular weight excluding hydrogens is 232 g/mol. The lowest BCUT2D eigenvalue weighted by Gasteiger charge is -1.98. The SMILES string of the molecule is O=C(O)c1nccnc1-n1cnc([N+](=O)[O-])n1. The molecule has 0 saturated carbocycles. The highest BCUT2D eigenvalue weighted by Crippen LogP contribution is 2.09. The van der Waals surface area contributed by atoms with Gasteiger partial charge in [-0.05, 0) is 4.92 Å². The molecule has 10 nitrogen and oxygen atoms in total. The molecule has 10 heteroatoms. The lowest BCUT2D eigenvalue weighted by atomic mass is 10.4. The van der Waals surface area contributed by atoms with Crippen LogP contribution in [-0.4, -0.2) is 40.7 Å². The van der Waals surface area contributed by atoms with E-state index in [9.17, 15) is 14.9 Å². The smallest absolute Gasteiger partial charge is 0.476 e. The van der Waals surface area contributed by atoms with E-state index in [-0.39, 0.29) is 11.5 Å². The number of nitrogens with zero attached hydrogens (tertiary/aromatic N) is 6. The summed E-state index contributed by atoms with van der Waals surface area (Å²) in [7, 11) is 0. The van der Waals surface area contributed by atoms with Crippen molar-refractivity contribution in [3.8, 4) is 5.82 Å². The summed E-state index contributed by atoms with van der Waals surface area (Å²) in [5, 5.41) is 22.7. The maximum atomic E-state index is 10.8. The van der Waals surface area contributed by atoms with Crippen LogP contribution in [0.2, 0.25) is 0 Å². The fraction of sp³-hybridized carbons (Fsp3) is 0. The molecule has 0 saturated heterocycles. The fourth-order valence-electron chi connectivity index (χ4n) is 1.09. The minimum atomic E-state index is -1.31. The highest BCUT2D eigenvalue weighted by atomic mass is 16.6. The summed E-state index contributed by atoms with van der Waals surface area (Å²) in [5.74, 6) is -2.10. The summed E-state index contributed by atoms with van der Waals surface area (Å²) in [6.45, 7) is 0. The molecule has 0 amide bonds. The van der Waals surface area contributed by atoms with Crippen molar-refractivity contribution in [2.75, 3.05) is 0 Å². The maximum Gasteiger partial charge on any atom is 0.491 e. The molecule has 0 spiro atoms. The first-order valence-electron chi connectivity index (χ1n) is 4.20. The largest absolute Gasteiger partial charge is 0.491 e. The van der Waals surface area contributed by atoms with Gasteiger partial charge in [0.2, 0.25) is 12.1 Å². The van der Waals surface area contributed by atoms with Crippen LogP contribution in [0.15, 0.2) is 18.7 Å². The predicted molar refractivity (Wildman–Crippen MR) is 50.6 cm³/mol. The van der Waals surface area contributed by atoms with Crippen LogP contribution in [0, 0.1) is 10.1 Å². The van der Waals surface area contributed by atoms with Gasteiger partial charge in [-0.15, -0.1) is 4.68 Å². The van der Waals surface area contributed by atoms with E-state index in [1.165, 1.54) is 12.4 Å². The second kappa shape index (κ2) is 3.92. The summed E-state index contributed by atoms with van der Waals surface area (Å²) in [5.41, 5.74) is -0.368. The molecule has 0 fully saturated rings. The molecular formula is C7H4N6O4. The van der Waals surface area contributed by atoms with Gasteiger partial charge in [-0.25, -0.2) is 14.8 Å². The van der Waals surface area contributed by atoms with E-state index in [1.54, 1.807) is 0 Å². The van der Waals surface area contributed by atoms with Crippen LogP contribution >= 0.6 is 0 Å². The summed E-state index contributed by atoms with van der Waals surface area (Å²) in [6.07, 6.45) is 3.43. The van der Waals surface area contributed by atoms with Crippen LogP contribution in [0.5, 0.6) is 0 Å². The summed E-state index contributed by atoms with van der Waals surface area (Å²) in [6, 6.07) is 0. The second-order valence-corrected chi connectivity index (χ2v) is 2.78. The second-order valence-electron chi connectivity index (χ2n) is 2.78. The fourth-order valence-corrected chi connectivity index (χ4v) is 1.09. The molecule has 2 aromatic rings. The Kier molecular flexibility index (Phi) is 2.45. The first-order valence-corrected chi connectivity index (χ1v) is 4.20. The number of carboxylic acid groups (broad SMARTS) is 1. The zero-order valence-electron chi connectivity index (χ0n) is 8.09. The third-order valence-electron chi connectivity index (χ3n) is 1.74. The molecule has 0 aliphatic heterocycles. The molecule has 0 radical (unpaired) electrons. The molecule has 2 aromatic heterocycles.